The highest BCUT2D eigenvalue weighted by Gasteiger charge is 2.05. The van der Waals surface area contributed by atoms with Crippen LogP contribution >= 0.6 is 0 Å². The van der Waals surface area contributed by atoms with E-state index >= 15 is 0 Å². The summed E-state index contributed by atoms with van der Waals surface area (Å²) in [5.41, 5.74) is 1.41. The average Bonchev–Trinajstić information content (AvgIpc) is 2.25. The Bertz CT molecular complexity index is 385. The molecule has 4 heteroatoms. The van der Waals surface area contributed by atoms with Crippen molar-refractivity contribution >= 4 is 11.7 Å². The van der Waals surface area contributed by atoms with Gasteiger partial charge in [0, 0.05) is 12.5 Å². The van der Waals surface area contributed by atoms with Crippen molar-refractivity contribution < 1.29 is 14.4 Å². The number of oxime groups is 1. The quantitative estimate of drug-likeness (QED) is 0.432. The monoisotopic (exact) mass is 207 g/mol. The predicted octanol–water partition coefficient (Wildman–Crippen LogP) is 1.98. The number of rotatable bonds is 3. The van der Waals surface area contributed by atoms with Crippen molar-refractivity contribution in [2.45, 2.75) is 13.8 Å². The molecule has 1 aromatic rings. The number of carbonyl (C=O) groups excluding carboxylic acids is 1. The third kappa shape index (κ3) is 3.09. The van der Waals surface area contributed by atoms with Gasteiger partial charge in [0.25, 0.3) is 0 Å². The summed E-state index contributed by atoms with van der Waals surface area (Å²) < 4.78 is 5.15. The van der Waals surface area contributed by atoms with Crippen molar-refractivity contribution in [1.29, 1.82) is 0 Å². The van der Waals surface area contributed by atoms with E-state index < -0.39 is 5.97 Å². The van der Waals surface area contributed by atoms with Crippen LogP contribution in [-0.4, -0.2) is 18.8 Å². The van der Waals surface area contributed by atoms with Crippen LogP contribution < -0.4 is 4.74 Å². The molecular formula is C11H13NO3. The maximum absolute atomic E-state index is 10.6. The molecule has 0 atom stereocenters. The van der Waals surface area contributed by atoms with E-state index in [2.05, 4.69) is 9.99 Å². The molecule has 0 aliphatic heterocycles. The number of benzene rings is 1. The Hall–Kier alpha value is -1.84. The van der Waals surface area contributed by atoms with E-state index in [1.165, 1.54) is 6.92 Å². The van der Waals surface area contributed by atoms with Gasteiger partial charge in [0.2, 0.25) is 0 Å². The SMILES string of the molecule is COc1ccccc1/C(C)=N/OC(C)=O. The Morgan fingerprint density at radius 3 is 2.53 bits per heavy atom. The summed E-state index contributed by atoms with van der Waals surface area (Å²) in [6, 6.07) is 7.40. The van der Waals surface area contributed by atoms with Gasteiger partial charge in [0.1, 0.15) is 5.75 Å². The molecule has 1 rings (SSSR count). The Kier molecular flexibility index (Phi) is 3.85. The molecule has 0 unspecified atom stereocenters. The fourth-order valence-corrected chi connectivity index (χ4v) is 1.13. The van der Waals surface area contributed by atoms with Crippen LogP contribution in [0.1, 0.15) is 19.4 Å². The minimum atomic E-state index is -0.441. The molecule has 0 heterocycles. The van der Waals surface area contributed by atoms with Crippen molar-refractivity contribution in [2.75, 3.05) is 7.11 Å². The van der Waals surface area contributed by atoms with Crippen LogP contribution in [0.4, 0.5) is 0 Å². The zero-order valence-corrected chi connectivity index (χ0v) is 8.98. The third-order valence-corrected chi connectivity index (χ3v) is 1.81. The van der Waals surface area contributed by atoms with Crippen molar-refractivity contribution in [3.63, 3.8) is 0 Å². The van der Waals surface area contributed by atoms with E-state index in [9.17, 15) is 4.79 Å². The summed E-state index contributed by atoms with van der Waals surface area (Å²) in [5, 5.41) is 3.69. The van der Waals surface area contributed by atoms with Gasteiger partial charge in [-0.2, -0.15) is 0 Å². The van der Waals surface area contributed by atoms with Gasteiger partial charge >= 0.3 is 5.97 Å². The predicted molar refractivity (Wildman–Crippen MR) is 57.0 cm³/mol. The molecule has 80 valence electrons. The number of hydrogen-bond acceptors (Lipinski definition) is 4. The van der Waals surface area contributed by atoms with Crippen LogP contribution in [0.25, 0.3) is 0 Å². The molecule has 0 aliphatic rings. The van der Waals surface area contributed by atoms with Gasteiger partial charge in [-0.3, -0.25) is 0 Å². The highest BCUT2D eigenvalue weighted by Crippen LogP contribution is 2.18. The van der Waals surface area contributed by atoms with Crippen molar-refractivity contribution in [1.82, 2.24) is 0 Å². The fraction of sp³-hybridized carbons (Fsp3) is 0.273. The summed E-state index contributed by atoms with van der Waals surface area (Å²) in [5.74, 6) is 0.259. The smallest absolute Gasteiger partial charge is 0.331 e. The Morgan fingerprint density at radius 1 is 1.27 bits per heavy atom. The van der Waals surface area contributed by atoms with E-state index in [-0.39, 0.29) is 0 Å². The lowest BCUT2D eigenvalue weighted by Crippen LogP contribution is -2.01. The molecular weight excluding hydrogens is 194 g/mol. The molecule has 0 fully saturated rings. The first-order valence-electron chi connectivity index (χ1n) is 4.50. The van der Waals surface area contributed by atoms with E-state index in [1.54, 1.807) is 14.0 Å². The Labute approximate surface area is 88.5 Å². The lowest BCUT2D eigenvalue weighted by atomic mass is 10.1. The molecule has 0 amide bonds. The molecule has 0 radical (unpaired) electrons. The number of hydrogen-bond donors (Lipinski definition) is 0. The second kappa shape index (κ2) is 5.14. The maximum Gasteiger partial charge on any atom is 0.331 e. The second-order valence-electron chi connectivity index (χ2n) is 2.96. The summed E-state index contributed by atoms with van der Waals surface area (Å²) >= 11 is 0. The third-order valence-electron chi connectivity index (χ3n) is 1.81. The minimum absolute atomic E-state index is 0.441. The lowest BCUT2D eigenvalue weighted by molar-refractivity contribution is -0.140. The summed E-state index contributed by atoms with van der Waals surface area (Å²) in [7, 11) is 1.58. The molecule has 0 bridgehead atoms. The highest BCUT2D eigenvalue weighted by molar-refractivity contribution is 6.01. The number of carbonyl (C=O) groups is 1. The first-order chi connectivity index (χ1) is 7.15. The standard InChI is InChI=1S/C11H13NO3/c1-8(12-15-9(2)13)10-6-4-5-7-11(10)14-3/h4-7H,1-3H3/b12-8+. The molecule has 15 heavy (non-hydrogen) atoms. The average molecular weight is 207 g/mol. The van der Waals surface area contributed by atoms with Gasteiger partial charge in [-0.15, -0.1) is 0 Å². The zero-order valence-electron chi connectivity index (χ0n) is 8.98. The fourth-order valence-electron chi connectivity index (χ4n) is 1.13. The van der Waals surface area contributed by atoms with Gasteiger partial charge in [-0.05, 0) is 19.1 Å². The number of methoxy groups -OCH3 is 1. The molecule has 0 saturated heterocycles. The summed E-state index contributed by atoms with van der Waals surface area (Å²) in [4.78, 5) is 15.1. The second-order valence-corrected chi connectivity index (χ2v) is 2.96. The van der Waals surface area contributed by atoms with Gasteiger partial charge in [-0.25, -0.2) is 4.79 Å². The topological polar surface area (TPSA) is 47.9 Å². The van der Waals surface area contributed by atoms with Crippen LogP contribution in [0, 0.1) is 0 Å². The molecule has 0 spiro atoms. The zero-order chi connectivity index (χ0) is 11.3. The molecule has 1 aromatic carbocycles. The first-order valence-corrected chi connectivity index (χ1v) is 4.50. The summed E-state index contributed by atoms with van der Waals surface area (Å²) in [6.07, 6.45) is 0. The molecule has 0 aliphatic carbocycles. The normalized spacial score (nSPS) is 11.0. The van der Waals surface area contributed by atoms with Gasteiger partial charge in [-0.1, -0.05) is 17.3 Å². The number of nitrogens with zero attached hydrogens (tertiary/aromatic N) is 1. The maximum atomic E-state index is 10.6. The van der Waals surface area contributed by atoms with Crippen LogP contribution in [0.15, 0.2) is 29.4 Å². The van der Waals surface area contributed by atoms with Crippen molar-refractivity contribution in [3.05, 3.63) is 29.8 Å². The van der Waals surface area contributed by atoms with Crippen LogP contribution in [0.2, 0.25) is 0 Å². The van der Waals surface area contributed by atoms with Crippen LogP contribution in [0.3, 0.4) is 0 Å². The van der Waals surface area contributed by atoms with Crippen LogP contribution in [0.5, 0.6) is 5.75 Å². The molecule has 0 N–H and O–H groups in total. The molecule has 4 nitrogen and oxygen atoms in total. The van der Waals surface area contributed by atoms with Gasteiger partial charge in [0.15, 0.2) is 0 Å². The Morgan fingerprint density at radius 2 is 1.93 bits per heavy atom. The lowest BCUT2D eigenvalue weighted by Gasteiger charge is -2.06. The van der Waals surface area contributed by atoms with Crippen LogP contribution in [-0.2, 0) is 9.63 Å². The van der Waals surface area contributed by atoms with E-state index in [4.69, 9.17) is 4.74 Å². The first kappa shape index (κ1) is 11.2. The number of para-hydroxylation sites is 1. The molecule has 0 aromatic heterocycles. The van der Waals surface area contributed by atoms with Crippen molar-refractivity contribution in [3.8, 4) is 5.75 Å². The highest BCUT2D eigenvalue weighted by atomic mass is 16.7. The van der Waals surface area contributed by atoms with E-state index in [0.717, 1.165) is 5.56 Å². The van der Waals surface area contributed by atoms with E-state index in [0.29, 0.717) is 11.5 Å². The van der Waals surface area contributed by atoms with E-state index in [1.807, 2.05) is 24.3 Å². The van der Waals surface area contributed by atoms with Gasteiger partial charge in [0.05, 0.1) is 12.8 Å². The number of ether oxygens (including phenoxy) is 1. The molecule has 0 saturated carbocycles. The van der Waals surface area contributed by atoms with Crippen molar-refractivity contribution in [2.24, 2.45) is 5.16 Å². The Balaban J connectivity index is 2.94. The summed E-state index contributed by atoms with van der Waals surface area (Å²) in [6.45, 7) is 3.06. The van der Waals surface area contributed by atoms with Gasteiger partial charge < -0.3 is 9.57 Å². The minimum Gasteiger partial charge on any atom is -0.496 e. The largest absolute Gasteiger partial charge is 0.496 e.